The molecule has 0 unspecified atom stereocenters. The van der Waals surface area contributed by atoms with Crippen molar-refractivity contribution in [2.45, 2.75) is 0 Å². The molecule has 2 heterocycles. The number of rotatable bonds is 3. The van der Waals surface area contributed by atoms with Crippen molar-refractivity contribution >= 4 is 17.7 Å². The number of aromatic carboxylic acids is 1. The monoisotopic (exact) mass is 248 g/mol. The number of aromatic nitrogens is 1. The number of fused-ring (bicyclic) bond motifs is 1. The molecule has 0 amide bonds. The quantitative estimate of drug-likeness (QED) is 0.855. The van der Waals surface area contributed by atoms with E-state index in [1.54, 1.807) is 18.2 Å². The number of carboxylic acid groups (broad SMARTS) is 1. The number of benzene rings is 1. The van der Waals surface area contributed by atoms with E-state index in [2.05, 4.69) is 10.3 Å². The van der Waals surface area contributed by atoms with Crippen LogP contribution in [-0.4, -0.2) is 22.9 Å². The standard InChI is InChI=1S/C11H8N2O5/c14-10(15)7-4-16-11(13-7)12-6-1-2-8-9(3-6)18-5-17-8/h1-4H,5H2,(H,12,13)(H,14,15). The van der Waals surface area contributed by atoms with Crippen molar-refractivity contribution < 1.29 is 23.8 Å². The van der Waals surface area contributed by atoms with Gasteiger partial charge in [0.05, 0.1) is 0 Å². The van der Waals surface area contributed by atoms with Gasteiger partial charge in [0.15, 0.2) is 17.2 Å². The summed E-state index contributed by atoms with van der Waals surface area (Å²) in [5.41, 5.74) is 0.510. The van der Waals surface area contributed by atoms with E-state index in [-0.39, 0.29) is 18.5 Å². The molecule has 0 spiro atoms. The largest absolute Gasteiger partial charge is 0.476 e. The zero-order chi connectivity index (χ0) is 12.5. The van der Waals surface area contributed by atoms with E-state index in [0.29, 0.717) is 17.2 Å². The lowest BCUT2D eigenvalue weighted by atomic mass is 10.3. The first-order chi connectivity index (χ1) is 8.72. The SMILES string of the molecule is O=C(O)c1coc(Nc2ccc3c(c2)OCO3)n1. The fraction of sp³-hybridized carbons (Fsp3) is 0.0909. The van der Waals surface area contributed by atoms with Gasteiger partial charge < -0.3 is 24.3 Å². The second kappa shape index (κ2) is 3.95. The van der Waals surface area contributed by atoms with Crippen LogP contribution in [-0.2, 0) is 0 Å². The fourth-order valence-electron chi connectivity index (χ4n) is 1.53. The number of ether oxygens (including phenoxy) is 2. The maximum absolute atomic E-state index is 10.6. The number of anilines is 2. The molecular formula is C11H8N2O5. The van der Waals surface area contributed by atoms with Crippen molar-refractivity contribution in [2.75, 3.05) is 12.1 Å². The van der Waals surface area contributed by atoms with E-state index < -0.39 is 5.97 Å². The van der Waals surface area contributed by atoms with Crippen LogP contribution in [0.5, 0.6) is 11.5 Å². The summed E-state index contributed by atoms with van der Waals surface area (Å²) in [6.07, 6.45) is 1.07. The first-order valence-electron chi connectivity index (χ1n) is 5.08. The molecular weight excluding hydrogens is 240 g/mol. The molecule has 7 heteroatoms. The van der Waals surface area contributed by atoms with E-state index in [9.17, 15) is 4.79 Å². The third-order valence-corrected chi connectivity index (χ3v) is 2.35. The van der Waals surface area contributed by atoms with E-state index in [4.69, 9.17) is 19.0 Å². The van der Waals surface area contributed by atoms with Gasteiger partial charge in [-0.3, -0.25) is 0 Å². The highest BCUT2D eigenvalue weighted by atomic mass is 16.7. The van der Waals surface area contributed by atoms with Crippen LogP contribution in [0, 0.1) is 0 Å². The van der Waals surface area contributed by atoms with Crippen LogP contribution in [0.2, 0.25) is 0 Å². The van der Waals surface area contributed by atoms with Gasteiger partial charge in [-0.05, 0) is 12.1 Å². The first kappa shape index (κ1) is 10.5. The number of oxazole rings is 1. The van der Waals surface area contributed by atoms with Gasteiger partial charge in [0.1, 0.15) is 6.26 Å². The Labute approximate surface area is 101 Å². The average Bonchev–Trinajstić information content (AvgIpc) is 2.96. The van der Waals surface area contributed by atoms with Crippen LogP contribution >= 0.6 is 0 Å². The van der Waals surface area contributed by atoms with E-state index >= 15 is 0 Å². The molecule has 18 heavy (non-hydrogen) atoms. The molecule has 0 bridgehead atoms. The minimum Gasteiger partial charge on any atom is -0.476 e. The molecule has 0 fully saturated rings. The predicted octanol–water partition coefficient (Wildman–Crippen LogP) is 1.85. The Kier molecular flexibility index (Phi) is 2.30. The lowest BCUT2D eigenvalue weighted by Gasteiger charge is -2.02. The highest BCUT2D eigenvalue weighted by molar-refractivity contribution is 5.85. The highest BCUT2D eigenvalue weighted by Gasteiger charge is 2.15. The summed E-state index contributed by atoms with van der Waals surface area (Å²) < 4.78 is 15.4. The molecule has 1 aliphatic heterocycles. The van der Waals surface area contributed by atoms with Gasteiger partial charge in [-0.1, -0.05) is 0 Å². The Hall–Kier alpha value is -2.70. The van der Waals surface area contributed by atoms with Crippen LogP contribution in [0.3, 0.4) is 0 Å². The van der Waals surface area contributed by atoms with Gasteiger partial charge in [-0.15, -0.1) is 0 Å². The number of carboxylic acids is 1. The number of hydrogen-bond donors (Lipinski definition) is 2. The lowest BCUT2D eigenvalue weighted by Crippen LogP contribution is -1.97. The van der Waals surface area contributed by atoms with E-state index in [1.165, 1.54) is 0 Å². The molecule has 2 aromatic rings. The summed E-state index contributed by atoms with van der Waals surface area (Å²) in [5, 5.41) is 11.5. The Morgan fingerprint density at radius 1 is 1.33 bits per heavy atom. The van der Waals surface area contributed by atoms with Gasteiger partial charge >= 0.3 is 5.97 Å². The maximum atomic E-state index is 10.6. The Bertz CT molecular complexity index is 607. The molecule has 0 saturated heterocycles. The molecule has 7 nitrogen and oxygen atoms in total. The smallest absolute Gasteiger partial charge is 0.357 e. The van der Waals surface area contributed by atoms with Crippen LogP contribution in [0.15, 0.2) is 28.9 Å². The van der Waals surface area contributed by atoms with Crippen molar-refractivity contribution in [3.63, 3.8) is 0 Å². The van der Waals surface area contributed by atoms with Gasteiger partial charge in [-0.2, -0.15) is 4.98 Å². The van der Waals surface area contributed by atoms with Gasteiger partial charge in [0, 0.05) is 11.8 Å². The topological polar surface area (TPSA) is 93.8 Å². The summed E-state index contributed by atoms with van der Waals surface area (Å²) >= 11 is 0. The van der Waals surface area contributed by atoms with Gasteiger partial charge in [-0.25, -0.2) is 4.79 Å². The Balaban J connectivity index is 1.81. The summed E-state index contributed by atoms with van der Waals surface area (Å²) in [7, 11) is 0. The van der Waals surface area contributed by atoms with E-state index in [0.717, 1.165) is 6.26 Å². The minimum absolute atomic E-state index is 0.103. The molecule has 3 rings (SSSR count). The van der Waals surface area contributed by atoms with Gasteiger partial charge in [0.25, 0.3) is 6.01 Å². The van der Waals surface area contributed by atoms with E-state index in [1.807, 2.05) is 0 Å². The predicted molar refractivity (Wildman–Crippen MR) is 59.3 cm³/mol. The molecule has 2 N–H and O–H groups in total. The van der Waals surface area contributed by atoms with Crippen LogP contribution in [0.1, 0.15) is 10.5 Å². The summed E-state index contributed by atoms with van der Waals surface area (Å²) in [5.74, 6) is 0.140. The summed E-state index contributed by atoms with van der Waals surface area (Å²) in [6, 6.07) is 5.31. The number of carbonyl (C=O) groups is 1. The third-order valence-electron chi connectivity index (χ3n) is 2.35. The van der Waals surface area contributed by atoms with Crippen molar-refractivity contribution in [3.05, 3.63) is 30.2 Å². The van der Waals surface area contributed by atoms with Crippen LogP contribution in [0.4, 0.5) is 11.7 Å². The normalized spacial score (nSPS) is 12.4. The number of nitrogens with one attached hydrogen (secondary N) is 1. The molecule has 1 aromatic heterocycles. The molecule has 1 aromatic carbocycles. The van der Waals surface area contributed by atoms with Crippen LogP contribution < -0.4 is 14.8 Å². The van der Waals surface area contributed by atoms with Gasteiger partial charge in [0.2, 0.25) is 6.79 Å². The summed E-state index contributed by atoms with van der Waals surface area (Å²) in [4.78, 5) is 14.4. The molecule has 1 aliphatic rings. The Morgan fingerprint density at radius 2 is 2.17 bits per heavy atom. The maximum Gasteiger partial charge on any atom is 0.357 e. The van der Waals surface area contributed by atoms with Crippen molar-refractivity contribution in [1.29, 1.82) is 0 Å². The zero-order valence-electron chi connectivity index (χ0n) is 9.04. The minimum atomic E-state index is -1.14. The Morgan fingerprint density at radius 3 is 2.94 bits per heavy atom. The molecule has 0 radical (unpaired) electrons. The molecule has 92 valence electrons. The lowest BCUT2D eigenvalue weighted by molar-refractivity contribution is 0.0690. The van der Waals surface area contributed by atoms with Crippen molar-refractivity contribution in [1.82, 2.24) is 4.98 Å². The molecule has 0 aliphatic carbocycles. The second-order valence-electron chi connectivity index (χ2n) is 3.54. The number of hydrogen-bond acceptors (Lipinski definition) is 6. The van der Waals surface area contributed by atoms with Crippen molar-refractivity contribution in [2.24, 2.45) is 0 Å². The zero-order valence-corrected chi connectivity index (χ0v) is 9.04. The molecule has 0 saturated carbocycles. The molecule has 0 atom stereocenters. The van der Waals surface area contributed by atoms with Crippen LogP contribution in [0.25, 0.3) is 0 Å². The average molecular weight is 248 g/mol. The first-order valence-corrected chi connectivity index (χ1v) is 5.08. The highest BCUT2D eigenvalue weighted by Crippen LogP contribution is 2.34. The van der Waals surface area contributed by atoms with Crippen molar-refractivity contribution in [3.8, 4) is 11.5 Å². The number of nitrogens with zero attached hydrogens (tertiary/aromatic N) is 1. The third kappa shape index (κ3) is 1.81. The summed E-state index contributed by atoms with van der Waals surface area (Å²) in [6.45, 7) is 0.195. The second-order valence-corrected chi connectivity index (χ2v) is 3.54. The fourth-order valence-corrected chi connectivity index (χ4v) is 1.53.